The number of rotatable bonds is 11. The van der Waals surface area contributed by atoms with E-state index in [9.17, 15) is 0 Å². The zero-order valence-electron chi connectivity index (χ0n) is 22.1. The quantitative estimate of drug-likeness (QED) is 0.208. The highest BCUT2D eigenvalue weighted by molar-refractivity contribution is 5.77. The number of hydrogen-bond acceptors (Lipinski definition) is 2. The Labute approximate surface area is 222 Å². The number of benzene rings is 4. The molecule has 4 rings (SSSR count). The van der Waals surface area contributed by atoms with E-state index in [0.717, 1.165) is 48.3 Å². The molecule has 3 N–H and O–H groups in total. The molecule has 2 heteroatoms. The second-order valence-electron chi connectivity index (χ2n) is 10.3. The summed E-state index contributed by atoms with van der Waals surface area (Å²) < 4.78 is 0. The van der Waals surface area contributed by atoms with Crippen LogP contribution in [0.15, 0.2) is 110 Å². The van der Waals surface area contributed by atoms with Crippen molar-refractivity contribution < 1.29 is 0 Å². The van der Waals surface area contributed by atoms with Crippen molar-refractivity contribution in [3.8, 4) is 0 Å². The summed E-state index contributed by atoms with van der Waals surface area (Å²) in [6.45, 7) is 13.3. The van der Waals surface area contributed by atoms with E-state index >= 15 is 0 Å². The third-order valence-electron chi connectivity index (χ3n) is 6.66. The van der Waals surface area contributed by atoms with Gasteiger partial charge in [0.1, 0.15) is 0 Å². The van der Waals surface area contributed by atoms with Gasteiger partial charge in [0, 0.05) is 17.1 Å². The Morgan fingerprint density at radius 1 is 0.784 bits per heavy atom. The van der Waals surface area contributed by atoms with Crippen molar-refractivity contribution in [2.75, 3.05) is 11.1 Å². The van der Waals surface area contributed by atoms with Gasteiger partial charge >= 0.3 is 0 Å². The molecule has 0 aromatic heterocycles. The van der Waals surface area contributed by atoms with Crippen LogP contribution in [0.3, 0.4) is 0 Å². The number of aryl methyl sites for hydroxylation is 1. The van der Waals surface area contributed by atoms with Gasteiger partial charge in [-0.3, -0.25) is 0 Å². The summed E-state index contributed by atoms with van der Waals surface area (Å²) in [5.41, 5.74) is 17.3. The van der Waals surface area contributed by atoms with Crippen LogP contribution >= 0.6 is 0 Å². The lowest BCUT2D eigenvalue weighted by Crippen LogP contribution is -2.03. The van der Waals surface area contributed by atoms with E-state index in [0.29, 0.717) is 5.92 Å². The van der Waals surface area contributed by atoms with Crippen LogP contribution in [0.5, 0.6) is 0 Å². The van der Waals surface area contributed by atoms with Gasteiger partial charge in [-0.25, -0.2) is 0 Å². The predicted molar refractivity (Wildman–Crippen MR) is 162 cm³/mol. The molecule has 2 nitrogen and oxygen atoms in total. The summed E-state index contributed by atoms with van der Waals surface area (Å²) in [4.78, 5) is 0. The van der Waals surface area contributed by atoms with Crippen molar-refractivity contribution in [1.82, 2.24) is 0 Å². The maximum Gasteiger partial charge on any atom is 0.0384 e. The minimum atomic E-state index is 0.561. The molecule has 0 radical (unpaired) electrons. The minimum absolute atomic E-state index is 0.561. The Bertz CT molecular complexity index is 1330. The van der Waals surface area contributed by atoms with E-state index < -0.39 is 0 Å². The van der Waals surface area contributed by atoms with Crippen molar-refractivity contribution in [2.24, 2.45) is 5.92 Å². The Morgan fingerprint density at radius 2 is 1.43 bits per heavy atom. The molecular formula is C35H38N2. The van der Waals surface area contributed by atoms with E-state index in [-0.39, 0.29) is 0 Å². The van der Waals surface area contributed by atoms with Crippen molar-refractivity contribution in [3.63, 3.8) is 0 Å². The van der Waals surface area contributed by atoms with Gasteiger partial charge in [-0.1, -0.05) is 93.7 Å². The maximum atomic E-state index is 5.80. The molecule has 0 unspecified atom stereocenters. The molecule has 4 aromatic carbocycles. The summed E-state index contributed by atoms with van der Waals surface area (Å²) in [7, 11) is 0. The predicted octanol–water partition coefficient (Wildman–Crippen LogP) is 8.79. The van der Waals surface area contributed by atoms with Crippen LogP contribution in [-0.4, -0.2) is 0 Å². The van der Waals surface area contributed by atoms with Gasteiger partial charge in [0.15, 0.2) is 0 Å². The van der Waals surface area contributed by atoms with E-state index in [1.165, 1.54) is 33.4 Å². The Balaban J connectivity index is 1.43. The molecule has 0 amide bonds. The molecule has 188 valence electrons. The van der Waals surface area contributed by atoms with Crippen LogP contribution in [0, 0.1) is 5.92 Å². The van der Waals surface area contributed by atoms with Gasteiger partial charge in [-0.15, -0.1) is 0 Å². The molecule has 0 aliphatic heterocycles. The topological polar surface area (TPSA) is 38.0 Å². The van der Waals surface area contributed by atoms with Gasteiger partial charge in [-0.2, -0.15) is 0 Å². The molecule has 0 aliphatic rings. The molecular weight excluding hydrogens is 448 g/mol. The summed E-state index contributed by atoms with van der Waals surface area (Å²) in [6.07, 6.45) is 3.86. The normalized spacial score (nSPS) is 10.9. The Hall–Kier alpha value is -4.04. The molecule has 0 atom stereocenters. The minimum Gasteiger partial charge on any atom is -0.399 e. The van der Waals surface area contributed by atoms with Gasteiger partial charge in [0.25, 0.3) is 0 Å². The van der Waals surface area contributed by atoms with Gasteiger partial charge in [-0.05, 0) is 101 Å². The van der Waals surface area contributed by atoms with Gasteiger partial charge in [0.05, 0.1) is 0 Å². The van der Waals surface area contributed by atoms with E-state index in [2.05, 4.69) is 117 Å². The summed E-state index contributed by atoms with van der Waals surface area (Å²) in [6, 6.07) is 33.9. The van der Waals surface area contributed by atoms with Crippen molar-refractivity contribution in [2.45, 2.75) is 39.5 Å². The lowest BCUT2D eigenvalue weighted by Gasteiger charge is -2.18. The molecule has 0 spiro atoms. The van der Waals surface area contributed by atoms with E-state index in [1.54, 1.807) is 0 Å². The average Bonchev–Trinajstić information content (AvgIpc) is 2.90. The molecule has 4 aromatic rings. The van der Waals surface area contributed by atoms with E-state index in [4.69, 9.17) is 5.73 Å². The first-order chi connectivity index (χ1) is 17.9. The standard InChI is InChI=1S/C35H38N2/c1-25(2)22-32-24-31(16-21-35(32)26(3)10-11-28-8-6-5-7-9-28)27(4)37-34-19-14-30(15-20-34)23-29-12-17-33(36)18-13-29/h5-9,12-21,24-25,37H,3-4,10-11,22-23,36H2,1-2H3. The second kappa shape index (κ2) is 12.3. The largest absolute Gasteiger partial charge is 0.399 e. The molecule has 0 saturated carbocycles. The van der Waals surface area contributed by atoms with Crippen LogP contribution in [-0.2, 0) is 19.3 Å². The number of nitrogens with two attached hydrogens (primary N) is 1. The SMILES string of the molecule is C=C(Nc1ccc(Cc2ccc(N)cc2)cc1)c1ccc(C(=C)CCc2ccccc2)c(CC(C)C)c1. The first-order valence-corrected chi connectivity index (χ1v) is 13.1. The lowest BCUT2D eigenvalue weighted by molar-refractivity contribution is 0.646. The molecule has 0 saturated heterocycles. The lowest BCUT2D eigenvalue weighted by atomic mass is 9.90. The molecule has 0 bridgehead atoms. The van der Waals surface area contributed by atoms with Gasteiger partial charge in [0.2, 0.25) is 0 Å². The highest BCUT2D eigenvalue weighted by Crippen LogP contribution is 2.28. The van der Waals surface area contributed by atoms with Crippen LogP contribution < -0.4 is 11.1 Å². The fourth-order valence-corrected chi connectivity index (χ4v) is 4.63. The van der Waals surface area contributed by atoms with Crippen LogP contribution in [0.4, 0.5) is 11.4 Å². The van der Waals surface area contributed by atoms with Crippen LogP contribution in [0.2, 0.25) is 0 Å². The number of nitrogens with one attached hydrogen (secondary N) is 1. The summed E-state index contributed by atoms with van der Waals surface area (Å²) in [5, 5.41) is 3.50. The first kappa shape index (κ1) is 26.0. The average molecular weight is 487 g/mol. The monoisotopic (exact) mass is 486 g/mol. The fourth-order valence-electron chi connectivity index (χ4n) is 4.63. The van der Waals surface area contributed by atoms with Crippen molar-refractivity contribution in [3.05, 3.63) is 144 Å². The van der Waals surface area contributed by atoms with Crippen molar-refractivity contribution in [1.29, 1.82) is 0 Å². The smallest absolute Gasteiger partial charge is 0.0384 e. The molecule has 0 heterocycles. The number of hydrogen-bond donors (Lipinski definition) is 2. The summed E-state index contributed by atoms with van der Waals surface area (Å²) in [5.74, 6) is 0.561. The molecule has 37 heavy (non-hydrogen) atoms. The third kappa shape index (κ3) is 7.47. The van der Waals surface area contributed by atoms with Crippen molar-refractivity contribution >= 4 is 22.6 Å². The Morgan fingerprint density at radius 3 is 2.08 bits per heavy atom. The zero-order chi connectivity index (χ0) is 26.2. The second-order valence-corrected chi connectivity index (χ2v) is 10.3. The number of anilines is 2. The molecule has 0 aliphatic carbocycles. The van der Waals surface area contributed by atoms with Crippen LogP contribution in [0.1, 0.15) is 53.6 Å². The number of allylic oxidation sites excluding steroid dienone is 1. The fraction of sp³-hybridized carbons (Fsp3) is 0.200. The Kier molecular flexibility index (Phi) is 8.64. The number of nitrogen functional groups attached to an aromatic ring is 1. The van der Waals surface area contributed by atoms with Crippen LogP contribution in [0.25, 0.3) is 11.3 Å². The highest BCUT2D eigenvalue weighted by Gasteiger charge is 2.11. The summed E-state index contributed by atoms with van der Waals surface area (Å²) >= 11 is 0. The van der Waals surface area contributed by atoms with Gasteiger partial charge < -0.3 is 11.1 Å². The zero-order valence-corrected chi connectivity index (χ0v) is 22.1. The van der Waals surface area contributed by atoms with E-state index in [1.807, 2.05) is 12.1 Å². The highest BCUT2D eigenvalue weighted by atomic mass is 14.9. The molecule has 0 fully saturated rings. The maximum absolute atomic E-state index is 5.80. The first-order valence-electron chi connectivity index (χ1n) is 13.1. The third-order valence-corrected chi connectivity index (χ3v) is 6.66.